The number of hydrogen-bond donors (Lipinski definition) is 3. The first-order chi connectivity index (χ1) is 16.7. The fourth-order valence-electron chi connectivity index (χ4n) is 4.83. The van der Waals surface area contributed by atoms with Crippen molar-refractivity contribution in [3.8, 4) is 5.75 Å². The highest BCUT2D eigenvalue weighted by Gasteiger charge is 2.38. The maximum absolute atomic E-state index is 13.2. The number of sulfonamides is 1. The number of nitrogen functional groups attached to an aromatic ring is 1. The van der Waals surface area contributed by atoms with Crippen molar-refractivity contribution < 1.29 is 13.2 Å². The molecule has 11 heteroatoms. The number of halogens is 2. The van der Waals surface area contributed by atoms with Crippen LogP contribution in [0.15, 0.2) is 54.6 Å². The van der Waals surface area contributed by atoms with Crippen molar-refractivity contribution in [2.24, 2.45) is 5.73 Å². The van der Waals surface area contributed by atoms with Crippen LogP contribution in [0.25, 0.3) is 10.8 Å². The molecule has 5 rings (SSSR count). The molecule has 1 atom stereocenters. The summed E-state index contributed by atoms with van der Waals surface area (Å²) in [6.07, 6.45) is 0.567. The van der Waals surface area contributed by atoms with Crippen LogP contribution in [-0.2, 0) is 16.4 Å². The molecule has 2 aliphatic heterocycles. The Kier molecular flexibility index (Phi) is 8.31. The van der Waals surface area contributed by atoms with E-state index in [0.29, 0.717) is 36.6 Å². The minimum absolute atomic E-state index is 0. The Bertz CT molecular complexity index is 1460. The summed E-state index contributed by atoms with van der Waals surface area (Å²) in [6, 6.07) is 16.8. The van der Waals surface area contributed by atoms with E-state index in [4.69, 9.17) is 21.3 Å². The second kappa shape index (κ2) is 10.8. The summed E-state index contributed by atoms with van der Waals surface area (Å²) < 4.78 is 34.0. The molecule has 0 aliphatic carbocycles. The largest absolute Gasteiger partial charge is 0.487 e. The summed E-state index contributed by atoms with van der Waals surface area (Å²) in [4.78, 5) is 1.95. The van der Waals surface area contributed by atoms with Crippen molar-refractivity contribution in [2.45, 2.75) is 32.4 Å². The molecule has 0 aromatic heterocycles. The number of hydrogen-bond acceptors (Lipinski definition) is 5. The van der Waals surface area contributed by atoms with Crippen LogP contribution in [0.5, 0.6) is 5.75 Å². The van der Waals surface area contributed by atoms with Gasteiger partial charge in [-0.1, -0.05) is 24.3 Å². The predicted molar refractivity (Wildman–Crippen MR) is 154 cm³/mol. The van der Waals surface area contributed by atoms with Gasteiger partial charge in [0.2, 0.25) is 10.0 Å². The van der Waals surface area contributed by atoms with E-state index in [1.54, 1.807) is 18.2 Å². The topological polar surface area (TPSA) is 124 Å². The number of ether oxygens (including phenoxy) is 1. The van der Waals surface area contributed by atoms with Gasteiger partial charge in [-0.3, -0.25) is 15.1 Å². The van der Waals surface area contributed by atoms with Crippen molar-refractivity contribution in [3.63, 3.8) is 0 Å². The Hall–Kier alpha value is -3.01. The molecule has 0 saturated carbocycles. The van der Waals surface area contributed by atoms with E-state index in [-0.39, 0.29) is 48.5 Å². The standard InChI is InChI=1S/C26H29N5O3S.2ClH/c1-3-35(32,33)31-24-9-8-22(34-23-14-30(15-23)16(2)27)12-21(24)13-25(31)18-6-4-17-5-7-19(26(28)29)11-20(17)10-18;;/h4-12,23,25,27H,3,13-15H2,1-2H3,(H3,28,29);2*1H. The van der Waals surface area contributed by atoms with Crippen LogP contribution in [0.1, 0.15) is 36.6 Å². The molecule has 8 nitrogen and oxygen atoms in total. The first-order valence-electron chi connectivity index (χ1n) is 11.7. The van der Waals surface area contributed by atoms with Gasteiger partial charge in [0.05, 0.1) is 36.4 Å². The van der Waals surface area contributed by atoms with Crippen LogP contribution in [-0.4, -0.2) is 49.9 Å². The minimum Gasteiger partial charge on any atom is -0.487 e. The van der Waals surface area contributed by atoms with E-state index < -0.39 is 10.0 Å². The normalized spacial score (nSPS) is 16.9. The van der Waals surface area contributed by atoms with Crippen molar-refractivity contribution in [1.82, 2.24) is 4.90 Å². The smallest absolute Gasteiger partial charge is 0.235 e. The molecular weight excluding hydrogens is 533 g/mol. The second-order valence-electron chi connectivity index (χ2n) is 9.17. The number of anilines is 1. The lowest BCUT2D eigenvalue weighted by Gasteiger charge is -2.39. The second-order valence-corrected chi connectivity index (χ2v) is 11.3. The quantitative estimate of drug-likeness (QED) is 0.301. The van der Waals surface area contributed by atoms with Crippen molar-refractivity contribution >= 4 is 63.0 Å². The summed E-state index contributed by atoms with van der Waals surface area (Å²) in [7, 11) is -3.52. The molecule has 1 fully saturated rings. The van der Waals surface area contributed by atoms with Crippen LogP contribution >= 0.6 is 24.8 Å². The fourth-order valence-corrected chi connectivity index (χ4v) is 6.17. The van der Waals surface area contributed by atoms with Crippen LogP contribution in [0.4, 0.5) is 5.69 Å². The number of fused-ring (bicyclic) bond motifs is 2. The van der Waals surface area contributed by atoms with Gasteiger partial charge in [0, 0.05) is 12.0 Å². The number of rotatable bonds is 6. The molecule has 0 amide bonds. The van der Waals surface area contributed by atoms with E-state index >= 15 is 0 Å². The molecule has 0 spiro atoms. The van der Waals surface area contributed by atoms with Crippen LogP contribution in [0, 0.1) is 10.8 Å². The first kappa shape index (κ1) is 28.6. The van der Waals surface area contributed by atoms with Gasteiger partial charge in [-0.15, -0.1) is 24.8 Å². The molecule has 4 N–H and O–H groups in total. The van der Waals surface area contributed by atoms with Gasteiger partial charge < -0.3 is 15.4 Å². The monoisotopic (exact) mass is 563 g/mol. The third kappa shape index (κ3) is 5.35. The molecule has 198 valence electrons. The van der Waals surface area contributed by atoms with Gasteiger partial charge in [0.1, 0.15) is 17.7 Å². The number of nitrogens with zero attached hydrogens (tertiary/aromatic N) is 2. The van der Waals surface area contributed by atoms with Gasteiger partial charge in [0.15, 0.2) is 0 Å². The van der Waals surface area contributed by atoms with E-state index in [1.807, 2.05) is 59.5 Å². The number of amidine groups is 2. The predicted octanol–water partition coefficient (Wildman–Crippen LogP) is 4.48. The zero-order valence-electron chi connectivity index (χ0n) is 20.6. The average Bonchev–Trinajstić information content (AvgIpc) is 3.19. The Morgan fingerprint density at radius 1 is 1.03 bits per heavy atom. The average molecular weight is 565 g/mol. The molecule has 0 bridgehead atoms. The highest BCUT2D eigenvalue weighted by molar-refractivity contribution is 7.92. The molecular formula is C26H31Cl2N5O3S. The summed E-state index contributed by atoms with van der Waals surface area (Å²) in [5.74, 6) is 1.26. The van der Waals surface area contributed by atoms with Gasteiger partial charge in [-0.25, -0.2) is 8.42 Å². The van der Waals surface area contributed by atoms with Gasteiger partial charge in [0.25, 0.3) is 0 Å². The maximum Gasteiger partial charge on any atom is 0.235 e. The SMILES string of the molecule is CCS(=O)(=O)N1c2ccc(OC3CN(C(C)=N)C3)cc2CC1c1ccc2ccc(C(=N)N)cc2c1.Cl.Cl. The van der Waals surface area contributed by atoms with Crippen LogP contribution in [0.2, 0.25) is 0 Å². The third-order valence-electron chi connectivity index (χ3n) is 6.83. The lowest BCUT2D eigenvalue weighted by Crippen LogP contribution is -2.55. The van der Waals surface area contributed by atoms with Gasteiger partial charge in [-0.2, -0.15) is 0 Å². The highest BCUT2D eigenvalue weighted by atomic mass is 35.5. The van der Waals surface area contributed by atoms with Gasteiger partial charge in [-0.05, 0) is 66.1 Å². The van der Waals surface area contributed by atoms with E-state index in [9.17, 15) is 8.42 Å². The molecule has 3 aromatic rings. The summed E-state index contributed by atoms with van der Waals surface area (Å²) in [5.41, 5.74) is 8.82. The Labute approximate surface area is 229 Å². The summed E-state index contributed by atoms with van der Waals surface area (Å²) in [6.45, 7) is 4.80. The number of nitrogens with one attached hydrogen (secondary N) is 2. The minimum atomic E-state index is -3.52. The van der Waals surface area contributed by atoms with Crippen LogP contribution < -0.4 is 14.8 Å². The van der Waals surface area contributed by atoms with Gasteiger partial charge >= 0.3 is 0 Å². The lowest BCUT2D eigenvalue weighted by atomic mass is 9.98. The molecule has 0 radical (unpaired) electrons. The number of benzene rings is 3. The Morgan fingerprint density at radius 2 is 1.73 bits per heavy atom. The molecule has 1 unspecified atom stereocenters. The third-order valence-corrected chi connectivity index (χ3v) is 8.61. The van der Waals surface area contributed by atoms with Crippen molar-refractivity contribution in [2.75, 3.05) is 23.1 Å². The molecule has 2 aliphatic rings. The highest BCUT2D eigenvalue weighted by Crippen LogP contribution is 2.44. The van der Waals surface area contributed by atoms with Crippen molar-refractivity contribution in [3.05, 3.63) is 71.3 Å². The van der Waals surface area contributed by atoms with Crippen LogP contribution in [0.3, 0.4) is 0 Å². The molecule has 37 heavy (non-hydrogen) atoms. The van der Waals surface area contributed by atoms with E-state index in [2.05, 4.69) is 0 Å². The maximum atomic E-state index is 13.2. The molecule has 3 aromatic carbocycles. The molecule has 1 saturated heterocycles. The first-order valence-corrected chi connectivity index (χ1v) is 13.3. The zero-order chi connectivity index (χ0) is 24.9. The van der Waals surface area contributed by atoms with E-state index in [1.165, 1.54) is 0 Å². The number of nitrogens with two attached hydrogens (primary N) is 1. The number of likely N-dealkylation sites (tertiary alicyclic amines) is 1. The molecule has 2 heterocycles. The Morgan fingerprint density at radius 3 is 2.38 bits per heavy atom. The zero-order valence-corrected chi connectivity index (χ0v) is 23.1. The summed E-state index contributed by atoms with van der Waals surface area (Å²) >= 11 is 0. The van der Waals surface area contributed by atoms with Crippen molar-refractivity contribution in [1.29, 1.82) is 10.8 Å². The summed E-state index contributed by atoms with van der Waals surface area (Å²) in [5, 5.41) is 17.4. The fraction of sp³-hybridized carbons (Fsp3) is 0.308. The Balaban J connectivity index is 0.00000190. The lowest BCUT2D eigenvalue weighted by molar-refractivity contribution is 0.0667. The van der Waals surface area contributed by atoms with E-state index in [0.717, 1.165) is 27.6 Å².